The normalized spacial score (nSPS) is 22.0. The first-order valence-corrected chi connectivity index (χ1v) is 43.8. The minimum Gasteiger partial charge on any atom is -0.459 e. The van der Waals surface area contributed by atoms with Crippen LogP contribution in [0.15, 0.2) is 170 Å². The van der Waals surface area contributed by atoms with Gasteiger partial charge in [0.15, 0.2) is 39.6 Å². The summed E-state index contributed by atoms with van der Waals surface area (Å²) in [7, 11) is -11.9. The zero-order valence-corrected chi connectivity index (χ0v) is 66.8. The standard InChI is InChI=1S/C76H86N21O16P3/c1-48(2)32-77-75-85-49(3)63-70(90-75)97(45-82-63)62-38-93(35-57(113-62)42-108-115(5,104)91-33-55(39-106-74(101)53-26-17-10-18-27-53)111-60(36-91)95-46-83-64-66(78-43-80-68(64)95)88-72(99)51-22-13-8-14-23-51)116(6,105)109-41-56-34-92(37-61(112-56)96-47-84-65-67(79-44-81-69(65)96)89-73(100)52-24-15-9-16-25-52)114(4,103)107-40-54-28-19-29-59(110-54)94-31-30-58(87-76(94)102)86-71(98)50-20-11-7-12-21-50/h7-18,20-27,30-31,43-48,54-57,59-62H,19,28-29,32-42H2,1-6H3,(H,77,85,90)(H,78,80,88,99)(H,79,81,89,100)(H,86,87,98,102)/t54?,55-,56?,57-,59+,60+,61+,62+,114-,115-,116-/m0/s1. The number of hydrogen-bond donors (Lipinski definition) is 4. The lowest BCUT2D eigenvalue weighted by Crippen LogP contribution is -2.48. The highest BCUT2D eigenvalue weighted by molar-refractivity contribution is 7.56. The fourth-order valence-electron chi connectivity index (χ4n) is 13.9. The summed E-state index contributed by atoms with van der Waals surface area (Å²) >= 11 is 0. The summed E-state index contributed by atoms with van der Waals surface area (Å²) in [5.41, 5.74) is 3.26. The zero-order chi connectivity index (χ0) is 80.8. The summed E-state index contributed by atoms with van der Waals surface area (Å²) in [4.78, 5) is 112. The Labute approximate surface area is 664 Å². The average Bonchev–Trinajstić information content (AvgIpc) is 1.54. The number of aromatic nitrogens is 14. The molecular formula is C76H86N21O16P3. The van der Waals surface area contributed by atoms with E-state index in [2.05, 4.69) is 70.0 Å². The van der Waals surface area contributed by atoms with Crippen molar-refractivity contribution >= 4 is 103 Å². The Morgan fingerprint density at radius 1 is 0.466 bits per heavy atom. The molecule has 37 nitrogen and oxygen atoms in total. The molecule has 4 saturated heterocycles. The highest BCUT2D eigenvalue weighted by atomic mass is 31.2. The molecule has 0 spiro atoms. The van der Waals surface area contributed by atoms with Crippen LogP contribution >= 0.6 is 22.6 Å². The fourth-order valence-corrected chi connectivity index (χ4v) is 18.5. The first-order valence-electron chi connectivity index (χ1n) is 37.7. The van der Waals surface area contributed by atoms with Crippen LogP contribution in [-0.4, -0.2) is 222 Å². The molecular weight excluding hydrogens is 1560 g/mol. The number of benzene rings is 4. The van der Waals surface area contributed by atoms with Gasteiger partial charge in [0.05, 0.1) is 88.0 Å². The third-order valence-corrected chi connectivity index (χ3v) is 26.0. The molecule has 116 heavy (non-hydrogen) atoms. The Morgan fingerprint density at radius 2 is 0.888 bits per heavy atom. The van der Waals surface area contributed by atoms with Crippen molar-refractivity contribution < 1.29 is 70.1 Å². The maximum absolute atomic E-state index is 15.9. The molecule has 0 bridgehead atoms. The monoisotopic (exact) mass is 1640 g/mol. The average molecular weight is 1640 g/mol. The minimum absolute atomic E-state index is 0.0503. The molecule has 0 aliphatic carbocycles. The number of hydrogen-bond acceptors (Lipinski definition) is 27. The van der Waals surface area contributed by atoms with Gasteiger partial charge in [-0.1, -0.05) is 86.6 Å². The van der Waals surface area contributed by atoms with E-state index in [0.717, 1.165) is 0 Å². The molecule has 4 fully saturated rings. The van der Waals surface area contributed by atoms with Crippen LogP contribution in [0.5, 0.6) is 0 Å². The number of aryl methyl sites for hydroxylation is 1. The molecule has 4 N–H and O–H groups in total. The molecule has 40 heteroatoms. The largest absolute Gasteiger partial charge is 0.459 e. The highest BCUT2D eigenvalue weighted by Gasteiger charge is 2.45. The van der Waals surface area contributed by atoms with Crippen molar-refractivity contribution in [3.63, 3.8) is 0 Å². The first-order chi connectivity index (χ1) is 55.9. The first kappa shape index (κ1) is 80.6. The molecule has 7 aromatic heterocycles. The van der Waals surface area contributed by atoms with Gasteiger partial charge >= 0.3 is 11.7 Å². The molecule has 2 unspecified atom stereocenters. The van der Waals surface area contributed by atoms with Gasteiger partial charge in [-0.25, -0.2) is 63.5 Å². The summed E-state index contributed by atoms with van der Waals surface area (Å²) in [6.45, 7) is 9.34. The molecule has 4 aliphatic rings. The van der Waals surface area contributed by atoms with Gasteiger partial charge in [-0.2, -0.15) is 9.97 Å². The van der Waals surface area contributed by atoms with Crippen molar-refractivity contribution in [3.05, 3.63) is 204 Å². The minimum atomic E-state index is -4.05. The van der Waals surface area contributed by atoms with Crippen LogP contribution in [0.2, 0.25) is 0 Å². The number of rotatable bonds is 28. The Bertz CT molecular complexity index is 5600. The fraction of sp³-hybridized carbons (Fsp3) is 0.382. The third kappa shape index (κ3) is 18.6. The van der Waals surface area contributed by atoms with E-state index in [-0.39, 0.29) is 111 Å². The predicted molar refractivity (Wildman–Crippen MR) is 425 cm³/mol. The van der Waals surface area contributed by atoms with E-state index in [0.29, 0.717) is 70.9 Å². The van der Waals surface area contributed by atoms with Crippen molar-refractivity contribution in [1.29, 1.82) is 0 Å². The van der Waals surface area contributed by atoms with Crippen LogP contribution in [0, 0.1) is 12.8 Å². The number of carbonyl (C=O) groups excluding carboxylic acids is 4. The van der Waals surface area contributed by atoms with Gasteiger partial charge in [0.2, 0.25) is 5.95 Å². The maximum atomic E-state index is 15.9. The van der Waals surface area contributed by atoms with Crippen LogP contribution < -0.4 is 27.0 Å². The molecule has 11 aromatic rings. The van der Waals surface area contributed by atoms with E-state index in [1.807, 2.05) is 6.92 Å². The van der Waals surface area contributed by atoms with Crippen LogP contribution in [0.3, 0.4) is 0 Å². The van der Waals surface area contributed by atoms with E-state index >= 15 is 13.7 Å². The maximum Gasteiger partial charge on any atom is 0.351 e. The summed E-state index contributed by atoms with van der Waals surface area (Å²) < 4.78 is 111. The highest BCUT2D eigenvalue weighted by Crippen LogP contribution is 2.54. The molecule has 3 amide bonds. The Hall–Kier alpha value is -10.6. The predicted octanol–water partition coefficient (Wildman–Crippen LogP) is 9.94. The number of nitrogens with one attached hydrogen (secondary N) is 4. The SMILES string of the molecule is Cc1nc(NCC(C)C)nc2c1ncn2[C@H]1CN([P@@](C)(=O)OCC2CN([P@@](C)(=O)OCC3CCC[C@H](n4ccc(NC(=O)c5ccccc5)nc4=O)O3)C[C@H](n3cnc4c(NC(=O)c5ccccc5)ncnc43)O2)C[C@@H](CO[P@](C)(=O)N2C[C@@H](COC(=O)c3ccccc3)O[C@@H](n3cnc4c(NC(=O)c5ccccc5)ncnc43)C2)O1. The van der Waals surface area contributed by atoms with Gasteiger partial charge in [0.25, 0.3) is 40.3 Å². The van der Waals surface area contributed by atoms with Gasteiger partial charge in [-0.3, -0.25) is 46.3 Å². The van der Waals surface area contributed by atoms with Crippen LogP contribution in [0.4, 0.5) is 23.4 Å². The number of ether oxygens (including phenoxy) is 5. The lowest BCUT2D eigenvalue weighted by atomic mass is 10.1. The molecule has 4 aromatic carbocycles. The number of carbonyl (C=O) groups is 4. The summed E-state index contributed by atoms with van der Waals surface area (Å²) in [6.07, 6.45) is 2.82. The van der Waals surface area contributed by atoms with Gasteiger partial charge < -0.3 is 58.5 Å². The Balaban J connectivity index is 0.687. The third-order valence-electron chi connectivity index (χ3n) is 20.0. The molecule has 606 valence electrons. The van der Waals surface area contributed by atoms with Crippen molar-refractivity contribution in [2.45, 2.75) is 89.4 Å². The smallest absolute Gasteiger partial charge is 0.351 e. The van der Waals surface area contributed by atoms with Crippen LogP contribution in [0.1, 0.15) is 105 Å². The molecule has 0 saturated carbocycles. The quantitative estimate of drug-likeness (QED) is 0.0261. The second-order valence-electron chi connectivity index (χ2n) is 28.9. The van der Waals surface area contributed by atoms with E-state index in [1.165, 1.54) is 62.1 Å². The number of anilines is 4. The summed E-state index contributed by atoms with van der Waals surface area (Å²) in [5.74, 6) is -0.996. The van der Waals surface area contributed by atoms with Crippen LogP contribution in [0.25, 0.3) is 33.5 Å². The number of morpholine rings is 3. The van der Waals surface area contributed by atoms with Crippen molar-refractivity contribution in [3.8, 4) is 0 Å². The summed E-state index contributed by atoms with van der Waals surface area (Å²) in [5, 5.41) is 11.6. The molecule has 4 aliphatic heterocycles. The zero-order valence-electron chi connectivity index (χ0n) is 64.2. The topological polar surface area (TPSA) is 417 Å². The number of nitrogens with zero attached hydrogens (tertiary/aromatic N) is 17. The van der Waals surface area contributed by atoms with Crippen LogP contribution in [-0.2, 0) is 51.0 Å². The van der Waals surface area contributed by atoms with Gasteiger partial charge in [-0.05, 0) is 86.7 Å². The molecule has 11 heterocycles. The van der Waals surface area contributed by atoms with E-state index in [1.54, 1.807) is 155 Å². The summed E-state index contributed by atoms with van der Waals surface area (Å²) in [6, 6.07) is 35.7. The second kappa shape index (κ2) is 35.1. The van der Waals surface area contributed by atoms with Gasteiger partial charge in [0, 0.05) is 69.1 Å². The van der Waals surface area contributed by atoms with E-state index in [4.69, 9.17) is 52.2 Å². The number of amides is 3. The number of fused-ring (bicyclic) bond motifs is 3. The Kier molecular flexibility index (Phi) is 24.3. The molecule has 15 rings (SSSR count). The number of imidazole rings is 3. The second-order valence-corrected chi connectivity index (χ2v) is 36.2. The van der Waals surface area contributed by atoms with Crippen molar-refractivity contribution in [2.75, 3.05) is 114 Å². The lowest BCUT2D eigenvalue weighted by molar-refractivity contribution is -0.127. The molecule has 0 radical (unpaired) electrons. The molecule has 11 atom stereocenters. The van der Waals surface area contributed by atoms with E-state index < -0.39 is 101 Å². The van der Waals surface area contributed by atoms with Crippen molar-refractivity contribution in [1.82, 2.24) is 82.1 Å². The van der Waals surface area contributed by atoms with Crippen molar-refractivity contribution in [2.24, 2.45) is 5.92 Å². The lowest BCUT2D eigenvalue weighted by Gasteiger charge is -2.43. The Morgan fingerprint density at radius 3 is 1.35 bits per heavy atom. The van der Waals surface area contributed by atoms with E-state index in [9.17, 15) is 24.0 Å². The number of esters is 1. The van der Waals surface area contributed by atoms with Gasteiger partial charge in [-0.15, -0.1) is 0 Å². The van der Waals surface area contributed by atoms with Gasteiger partial charge in [0.1, 0.15) is 61.6 Å².